The van der Waals surface area contributed by atoms with Crippen molar-refractivity contribution in [2.75, 3.05) is 14.2 Å². The van der Waals surface area contributed by atoms with Crippen molar-refractivity contribution in [2.45, 2.75) is 25.3 Å². The van der Waals surface area contributed by atoms with Gasteiger partial charge in [0.05, 0.1) is 14.2 Å². The van der Waals surface area contributed by atoms with Gasteiger partial charge >= 0.3 is 5.97 Å². The van der Waals surface area contributed by atoms with E-state index in [1.165, 1.54) is 14.2 Å². The predicted octanol–water partition coefficient (Wildman–Crippen LogP) is 2.61. The molecule has 19 heavy (non-hydrogen) atoms. The summed E-state index contributed by atoms with van der Waals surface area (Å²) < 4.78 is 10.3. The highest BCUT2D eigenvalue weighted by Gasteiger charge is 2.15. The van der Waals surface area contributed by atoms with Crippen molar-refractivity contribution in [3.8, 4) is 11.5 Å². The Morgan fingerprint density at radius 1 is 1.37 bits per heavy atom. The second-order valence-electron chi connectivity index (χ2n) is 4.12. The van der Waals surface area contributed by atoms with Crippen molar-refractivity contribution in [3.63, 3.8) is 0 Å². The first-order valence-corrected chi connectivity index (χ1v) is 6.26. The van der Waals surface area contributed by atoms with Crippen LogP contribution in [0.25, 0.3) is 0 Å². The first-order chi connectivity index (χ1) is 8.99. The van der Waals surface area contributed by atoms with Crippen molar-refractivity contribution in [1.82, 2.24) is 0 Å². The minimum absolute atomic E-state index is 0.0958. The van der Waals surface area contributed by atoms with Gasteiger partial charge in [0.25, 0.3) is 0 Å². The highest BCUT2D eigenvalue weighted by molar-refractivity contribution is 6.31. The topological polar surface area (TPSA) is 81.8 Å². The summed E-state index contributed by atoms with van der Waals surface area (Å²) >= 11 is 6.14. The van der Waals surface area contributed by atoms with Gasteiger partial charge in [-0.05, 0) is 24.5 Å². The second-order valence-corrected chi connectivity index (χ2v) is 4.53. The average molecular weight is 288 g/mol. The molecule has 0 spiro atoms. The van der Waals surface area contributed by atoms with Crippen LogP contribution in [-0.4, -0.2) is 25.3 Å². The van der Waals surface area contributed by atoms with Crippen LogP contribution in [0.4, 0.5) is 0 Å². The van der Waals surface area contributed by atoms with Crippen LogP contribution in [0, 0.1) is 0 Å². The molecule has 0 fully saturated rings. The Kier molecular flexibility index (Phi) is 5.92. The van der Waals surface area contributed by atoms with Crippen molar-refractivity contribution < 1.29 is 19.4 Å². The van der Waals surface area contributed by atoms with E-state index >= 15 is 0 Å². The van der Waals surface area contributed by atoms with Gasteiger partial charge in [0.1, 0.15) is 0 Å². The number of carbonyl (C=O) groups is 1. The van der Waals surface area contributed by atoms with Gasteiger partial charge in [-0.15, -0.1) is 0 Å². The monoisotopic (exact) mass is 287 g/mol. The maximum Gasteiger partial charge on any atom is 0.303 e. The fourth-order valence-electron chi connectivity index (χ4n) is 1.78. The number of rotatable bonds is 7. The van der Waals surface area contributed by atoms with Crippen LogP contribution in [0.2, 0.25) is 5.02 Å². The summed E-state index contributed by atoms with van der Waals surface area (Å²) in [7, 11) is 3.06. The molecule has 1 atom stereocenters. The molecule has 1 unspecified atom stereocenters. The van der Waals surface area contributed by atoms with E-state index in [0.717, 1.165) is 5.56 Å². The van der Waals surface area contributed by atoms with Crippen LogP contribution in [0.3, 0.4) is 0 Å². The van der Waals surface area contributed by atoms with Crippen LogP contribution in [0.15, 0.2) is 12.1 Å². The Morgan fingerprint density at radius 2 is 1.95 bits per heavy atom. The van der Waals surface area contributed by atoms with Gasteiger partial charge in [-0.3, -0.25) is 4.79 Å². The van der Waals surface area contributed by atoms with Gasteiger partial charge in [0.15, 0.2) is 11.5 Å². The fraction of sp³-hybridized carbons (Fsp3) is 0.462. The molecule has 0 aliphatic carbocycles. The van der Waals surface area contributed by atoms with Gasteiger partial charge in [-0.25, -0.2) is 0 Å². The van der Waals surface area contributed by atoms with Gasteiger partial charge < -0.3 is 20.3 Å². The van der Waals surface area contributed by atoms with Crippen molar-refractivity contribution in [2.24, 2.45) is 5.73 Å². The zero-order chi connectivity index (χ0) is 14.4. The Balaban J connectivity index is 2.84. The molecule has 0 heterocycles. The lowest BCUT2D eigenvalue weighted by Gasteiger charge is -2.16. The number of nitrogens with two attached hydrogens (primary N) is 1. The normalized spacial score (nSPS) is 12.0. The maximum atomic E-state index is 10.5. The number of carboxylic acid groups (broad SMARTS) is 1. The molecule has 1 aromatic rings. The molecule has 0 aliphatic rings. The lowest BCUT2D eigenvalue weighted by Crippen LogP contribution is -2.12. The molecule has 0 bridgehead atoms. The molecule has 106 valence electrons. The first-order valence-electron chi connectivity index (χ1n) is 5.88. The molecule has 5 nitrogen and oxygen atoms in total. The third kappa shape index (κ3) is 4.29. The first kappa shape index (κ1) is 15.6. The average Bonchev–Trinajstić information content (AvgIpc) is 2.37. The number of hydrogen-bond donors (Lipinski definition) is 2. The number of carboxylic acids is 1. The Bertz CT molecular complexity index is 451. The van der Waals surface area contributed by atoms with E-state index in [4.69, 9.17) is 31.9 Å². The summed E-state index contributed by atoms with van der Waals surface area (Å²) in [5, 5.41) is 9.09. The minimum atomic E-state index is -0.828. The van der Waals surface area contributed by atoms with Gasteiger partial charge in [0.2, 0.25) is 0 Å². The number of halogens is 1. The molecule has 0 radical (unpaired) electrons. The van der Waals surface area contributed by atoms with Crippen LogP contribution in [0.5, 0.6) is 11.5 Å². The van der Waals surface area contributed by atoms with Crippen LogP contribution in [0.1, 0.15) is 30.9 Å². The third-order valence-electron chi connectivity index (χ3n) is 2.81. The summed E-state index contributed by atoms with van der Waals surface area (Å²) in [6.07, 6.45) is 1.14. The molecule has 6 heteroatoms. The minimum Gasteiger partial charge on any atom is -0.493 e. The van der Waals surface area contributed by atoms with Crippen molar-refractivity contribution >= 4 is 17.6 Å². The standard InChI is InChI=1S/C13H18ClNO4/c1-18-11-6-8(9(14)7-12(11)19-2)10(15)4-3-5-13(16)17/h6-7,10H,3-5,15H2,1-2H3,(H,16,17). The number of benzene rings is 1. The Hall–Kier alpha value is -1.46. The summed E-state index contributed by atoms with van der Waals surface area (Å²) in [6, 6.07) is 3.05. The van der Waals surface area contributed by atoms with E-state index < -0.39 is 5.97 Å². The quantitative estimate of drug-likeness (QED) is 0.805. The van der Waals surface area contributed by atoms with Gasteiger partial charge in [0, 0.05) is 23.6 Å². The lowest BCUT2D eigenvalue weighted by molar-refractivity contribution is -0.137. The molecular weight excluding hydrogens is 270 g/mol. The summed E-state index contributed by atoms with van der Waals surface area (Å²) in [5.74, 6) is 0.259. The highest BCUT2D eigenvalue weighted by Crippen LogP contribution is 2.36. The van der Waals surface area contributed by atoms with E-state index in [1.807, 2.05) is 0 Å². The Labute approximate surface area is 117 Å². The molecule has 0 amide bonds. The number of methoxy groups -OCH3 is 2. The van der Waals surface area contributed by atoms with E-state index in [1.54, 1.807) is 12.1 Å². The zero-order valence-electron chi connectivity index (χ0n) is 11.0. The molecule has 0 aromatic heterocycles. The molecule has 3 N–H and O–H groups in total. The van der Waals surface area contributed by atoms with E-state index in [0.29, 0.717) is 29.4 Å². The Morgan fingerprint density at radius 3 is 2.47 bits per heavy atom. The summed E-state index contributed by atoms with van der Waals surface area (Å²) in [6.45, 7) is 0. The predicted molar refractivity (Wildman–Crippen MR) is 73.0 cm³/mol. The SMILES string of the molecule is COc1cc(Cl)c(C(N)CCCC(=O)O)cc1OC. The summed E-state index contributed by atoms with van der Waals surface area (Å²) in [5.41, 5.74) is 6.75. The largest absolute Gasteiger partial charge is 0.493 e. The summed E-state index contributed by atoms with van der Waals surface area (Å²) in [4.78, 5) is 10.5. The van der Waals surface area contributed by atoms with Crippen LogP contribution in [-0.2, 0) is 4.79 Å². The van der Waals surface area contributed by atoms with Gasteiger partial charge in [-0.2, -0.15) is 0 Å². The molecular formula is C13H18ClNO4. The molecule has 1 aromatic carbocycles. The molecule has 1 rings (SSSR count). The molecule has 0 saturated carbocycles. The maximum absolute atomic E-state index is 10.5. The van der Waals surface area contributed by atoms with Crippen LogP contribution < -0.4 is 15.2 Å². The van der Waals surface area contributed by atoms with Crippen LogP contribution >= 0.6 is 11.6 Å². The zero-order valence-corrected chi connectivity index (χ0v) is 11.7. The van der Waals surface area contributed by atoms with E-state index in [9.17, 15) is 4.79 Å². The van der Waals surface area contributed by atoms with E-state index in [-0.39, 0.29) is 12.5 Å². The molecule has 0 saturated heterocycles. The second kappa shape index (κ2) is 7.21. The highest BCUT2D eigenvalue weighted by atomic mass is 35.5. The number of ether oxygens (including phenoxy) is 2. The van der Waals surface area contributed by atoms with E-state index in [2.05, 4.69) is 0 Å². The number of hydrogen-bond acceptors (Lipinski definition) is 4. The number of aliphatic carboxylic acids is 1. The third-order valence-corrected chi connectivity index (χ3v) is 3.14. The van der Waals surface area contributed by atoms with Crippen molar-refractivity contribution in [3.05, 3.63) is 22.7 Å². The fourth-order valence-corrected chi connectivity index (χ4v) is 2.08. The van der Waals surface area contributed by atoms with Gasteiger partial charge in [-0.1, -0.05) is 11.6 Å². The lowest BCUT2D eigenvalue weighted by atomic mass is 10.0. The van der Waals surface area contributed by atoms with Crippen molar-refractivity contribution in [1.29, 1.82) is 0 Å². The smallest absolute Gasteiger partial charge is 0.303 e. The molecule has 0 aliphatic heterocycles.